The Kier molecular flexibility index (Phi) is 9.94. The molecule has 198 valence electrons. The number of hydrogen-bond donors (Lipinski definition) is 2. The Labute approximate surface area is 235 Å². The summed E-state index contributed by atoms with van der Waals surface area (Å²) in [6.45, 7) is 3.21. The first kappa shape index (κ1) is 27.8. The second kappa shape index (κ2) is 13.6. The molecule has 0 saturated heterocycles. The molecule has 0 aliphatic carbocycles. The molecule has 1 amide bonds. The van der Waals surface area contributed by atoms with E-state index in [1.165, 1.54) is 11.3 Å². The summed E-state index contributed by atoms with van der Waals surface area (Å²) in [7, 11) is 3.91. The zero-order chi connectivity index (χ0) is 26.9. The minimum Gasteiger partial charge on any atom is -0.452 e. The van der Waals surface area contributed by atoms with Crippen LogP contribution in [0.15, 0.2) is 65.1 Å². The van der Waals surface area contributed by atoms with Crippen molar-refractivity contribution in [2.24, 2.45) is 0 Å². The summed E-state index contributed by atoms with van der Waals surface area (Å²) < 4.78 is 6.26. The fourth-order valence-electron chi connectivity index (χ4n) is 3.35. The molecule has 11 heteroatoms. The number of nitrogens with one attached hydrogen (secondary N) is 2. The first-order valence-electron chi connectivity index (χ1n) is 12.0. The lowest BCUT2D eigenvalue weighted by Gasteiger charge is -2.15. The van der Waals surface area contributed by atoms with Gasteiger partial charge >= 0.3 is 0 Å². The zero-order valence-electron chi connectivity index (χ0n) is 21.4. The Balaban J connectivity index is 1.54. The molecule has 0 aliphatic rings. The van der Waals surface area contributed by atoms with E-state index in [0.717, 1.165) is 35.0 Å². The number of amides is 1. The minimum atomic E-state index is -0.193. The monoisotopic (exact) mass is 568 g/mol. The third kappa shape index (κ3) is 8.16. The van der Waals surface area contributed by atoms with E-state index in [1.54, 1.807) is 42.4 Å². The molecular weight excluding hydrogens is 540 g/mol. The van der Waals surface area contributed by atoms with Crippen LogP contribution in [0.5, 0.6) is 11.5 Å². The van der Waals surface area contributed by atoms with E-state index < -0.39 is 0 Å². The van der Waals surface area contributed by atoms with Gasteiger partial charge in [-0.1, -0.05) is 17.7 Å². The summed E-state index contributed by atoms with van der Waals surface area (Å²) in [4.78, 5) is 29.1. The zero-order valence-corrected chi connectivity index (χ0v) is 23.8. The van der Waals surface area contributed by atoms with Crippen LogP contribution in [-0.4, -0.2) is 58.7 Å². The Morgan fingerprint density at radius 1 is 1.16 bits per heavy atom. The smallest absolute Gasteiger partial charge is 0.251 e. The van der Waals surface area contributed by atoms with Gasteiger partial charge in [-0.15, -0.1) is 23.1 Å². The third-order valence-corrected chi connectivity index (χ3v) is 7.44. The number of ether oxygens (including phenoxy) is 1. The first-order chi connectivity index (χ1) is 18.4. The number of anilines is 2. The highest BCUT2D eigenvalue weighted by atomic mass is 35.5. The molecule has 0 bridgehead atoms. The van der Waals surface area contributed by atoms with E-state index in [2.05, 4.69) is 25.6 Å². The number of hydrogen-bond acceptors (Lipinski definition) is 9. The Morgan fingerprint density at radius 3 is 2.76 bits per heavy atom. The van der Waals surface area contributed by atoms with Gasteiger partial charge in [0.25, 0.3) is 5.91 Å². The number of halogens is 1. The van der Waals surface area contributed by atoms with Crippen molar-refractivity contribution in [3.05, 3.63) is 82.2 Å². The lowest BCUT2D eigenvalue weighted by atomic mass is 10.2. The highest BCUT2D eigenvalue weighted by Crippen LogP contribution is 2.37. The number of aromatic nitrogens is 3. The van der Waals surface area contributed by atoms with Gasteiger partial charge in [0.1, 0.15) is 5.75 Å². The molecule has 0 unspecified atom stereocenters. The van der Waals surface area contributed by atoms with Crippen molar-refractivity contribution in [2.75, 3.05) is 38.3 Å². The van der Waals surface area contributed by atoms with Gasteiger partial charge in [0.15, 0.2) is 16.7 Å². The van der Waals surface area contributed by atoms with Crippen LogP contribution in [0.2, 0.25) is 5.02 Å². The number of likely N-dealkylation sites (N-methyl/N-ethyl adjacent to an activating group) is 1. The maximum absolute atomic E-state index is 12.7. The number of aryl methyl sites for hydroxylation is 2. The summed E-state index contributed by atoms with van der Waals surface area (Å²) in [5.74, 6) is 1.99. The SMILES string of the molecule is Cc1csc(Nc2ncc(SCCc3ccccn3)cc2Oc2cc(C(=O)NCCN(C)C)ccc2Cl)n1. The van der Waals surface area contributed by atoms with Crippen LogP contribution in [0.3, 0.4) is 0 Å². The van der Waals surface area contributed by atoms with Gasteiger partial charge in [-0.3, -0.25) is 9.78 Å². The van der Waals surface area contributed by atoms with E-state index >= 15 is 0 Å². The Morgan fingerprint density at radius 2 is 2.03 bits per heavy atom. The third-order valence-electron chi connectivity index (χ3n) is 5.28. The summed E-state index contributed by atoms with van der Waals surface area (Å²) >= 11 is 9.62. The quantitative estimate of drug-likeness (QED) is 0.199. The molecule has 0 atom stereocenters. The van der Waals surface area contributed by atoms with E-state index in [4.69, 9.17) is 16.3 Å². The number of rotatable bonds is 12. The molecule has 0 radical (unpaired) electrons. The topological polar surface area (TPSA) is 92.3 Å². The molecule has 2 N–H and O–H groups in total. The Hall–Kier alpha value is -3.18. The molecule has 4 aromatic rings. The summed E-state index contributed by atoms with van der Waals surface area (Å²) in [6.07, 6.45) is 4.43. The average Bonchev–Trinajstić information content (AvgIpc) is 3.31. The van der Waals surface area contributed by atoms with Crippen LogP contribution in [0, 0.1) is 6.92 Å². The van der Waals surface area contributed by atoms with Crippen molar-refractivity contribution in [2.45, 2.75) is 18.2 Å². The average molecular weight is 569 g/mol. The van der Waals surface area contributed by atoms with Crippen molar-refractivity contribution in [3.8, 4) is 11.5 Å². The van der Waals surface area contributed by atoms with Crippen molar-refractivity contribution in [1.82, 2.24) is 25.2 Å². The number of thioether (sulfide) groups is 1. The fraction of sp³-hybridized carbons (Fsp3) is 0.259. The molecular formula is C27H29ClN6O2S2. The molecule has 3 heterocycles. The molecule has 0 fully saturated rings. The highest BCUT2D eigenvalue weighted by Gasteiger charge is 2.15. The van der Waals surface area contributed by atoms with Crippen LogP contribution < -0.4 is 15.4 Å². The van der Waals surface area contributed by atoms with Crippen LogP contribution in [0.25, 0.3) is 0 Å². The van der Waals surface area contributed by atoms with Crippen molar-refractivity contribution in [3.63, 3.8) is 0 Å². The van der Waals surface area contributed by atoms with Crippen LogP contribution in [0.1, 0.15) is 21.7 Å². The van der Waals surface area contributed by atoms with E-state index in [1.807, 2.05) is 55.6 Å². The summed E-state index contributed by atoms with van der Waals surface area (Å²) in [6, 6.07) is 12.8. The van der Waals surface area contributed by atoms with Gasteiger partial charge in [-0.05, 0) is 63.8 Å². The van der Waals surface area contributed by atoms with Crippen LogP contribution in [0.4, 0.5) is 10.9 Å². The maximum Gasteiger partial charge on any atom is 0.251 e. The number of benzene rings is 1. The van der Waals surface area contributed by atoms with Gasteiger partial charge < -0.3 is 20.3 Å². The predicted molar refractivity (Wildman–Crippen MR) is 155 cm³/mol. The highest BCUT2D eigenvalue weighted by molar-refractivity contribution is 7.99. The fourth-order valence-corrected chi connectivity index (χ4v) is 5.05. The van der Waals surface area contributed by atoms with Crippen molar-refractivity contribution < 1.29 is 9.53 Å². The van der Waals surface area contributed by atoms with E-state index in [0.29, 0.717) is 39.6 Å². The van der Waals surface area contributed by atoms with Crippen LogP contribution >= 0.6 is 34.7 Å². The second-order valence-corrected chi connectivity index (χ2v) is 11.1. The van der Waals surface area contributed by atoms with Crippen LogP contribution in [-0.2, 0) is 6.42 Å². The molecule has 1 aromatic carbocycles. The molecule has 3 aromatic heterocycles. The van der Waals surface area contributed by atoms with E-state index in [-0.39, 0.29) is 5.91 Å². The normalized spacial score (nSPS) is 11.0. The Bertz CT molecular complexity index is 1370. The largest absolute Gasteiger partial charge is 0.452 e. The van der Waals surface area contributed by atoms with Crippen molar-refractivity contribution >= 4 is 51.6 Å². The van der Waals surface area contributed by atoms with Gasteiger partial charge in [-0.2, -0.15) is 0 Å². The maximum atomic E-state index is 12.7. The minimum absolute atomic E-state index is 0.193. The lowest BCUT2D eigenvalue weighted by molar-refractivity contribution is 0.0950. The van der Waals surface area contributed by atoms with Gasteiger partial charge in [-0.25, -0.2) is 9.97 Å². The number of pyridine rings is 2. The number of nitrogens with zero attached hydrogens (tertiary/aromatic N) is 4. The van der Waals surface area contributed by atoms with E-state index in [9.17, 15) is 4.79 Å². The van der Waals surface area contributed by atoms with Gasteiger partial charge in [0.2, 0.25) is 0 Å². The molecule has 4 rings (SSSR count). The lowest BCUT2D eigenvalue weighted by Crippen LogP contribution is -2.31. The summed E-state index contributed by atoms with van der Waals surface area (Å²) in [5, 5.41) is 9.21. The first-order valence-corrected chi connectivity index (χ1v) is 14.2. The molecule has 0 saturated carbocycles. The number of carbonyl (C=O) groups excluding carboxylic acids is 1. The number of thiazole rings is 1. The summed E-state index contributed by atoms with van der Waals surface area (Å²) in [5.41, 5.74) is 2.41. The molecule has 8 nitrogen and oxygen atoms in total. The van der Waals surface area contributed by atoms with Gasteiger partial charge in [0.05, 0.1) is 10.7 Å². The molecule has 0 spiro atoms. The predicted octanol–water partition coefficient (Wildman–Crippen LogP) is 6.06. The van der Waals surface area contributed by atoms with Crippen molar-refractivity contribution in [1.29, 1.82) is 0 Å². The second-order valence-electron chi connectivity index (χ2n) is 8.66. The molecule has 0 aliphatic heterocycles. The number of carbonyl (C=O) groups is 1. The molecule has 38 heavy (non-hydrogen) atoms. The van der Waals surface area contributed by atoms with Gasteiger partial charge in [0, 0.05) is 52.8 Å². The standard InChI is InChI=1S/C27H29ClN6O2S2/c1-18-17-38-27(32-18)33-25-24(15-21(16-31-25)37-13-9-20-6-4-5-10-29-20)36-23-14-19(7-8-22(23)28)26(35)30-11-12-34(2)3/h4-8,10,14-17H,9,11-13H2,1-3H3,(H,30,35)(H,31,32,33).